The van der Waals surface area contributed by atoms with E-state index in [1.54, 1.807) is 36.2 Å². The van der Waals surface area contributed by atoms with Crippen LogP contribution in [0, 0.1) is 0 Å². The van der Waals surface area contributed by atoms with Gasteiger partial charge in [0.1, 0.15) is 28.2 Å². The Morgan fingerprint density at radius 1 is 1.25 bits per heavy atom. The summed E-state index contributed by atoms with van der Waals surface area (Å²) in [4.78, 5) is 33.4. The highest BCUT2D eigenvalue weighted by molar-refractivity contribution is 7.46. The molecule has 9 nitrogen and oxygen atoms in total. The van der Waals surface area contributed by atoms with Crippen LogP contribution in [0.15, 0.2) is 45.6 Å². The summed E-state index contributed by atoms with van der Waals surface area (Å²) in [5.41, 5.74) is -0.492. The van der Waals surface area contributed by atoms with Gasteiger partial charge >= 0.3 is 7.82 Å². The summed E-state index contributed by atoms with van der Waals surface area (Å²) >= 11 is 6.25. The van der Waals surface area contributed by atoms with Gasteiger partial charge in [0.05, 0.1) is 11.1 Å². The van der Waals surface area contributed by atoms with Crippen LogP contribution in [0.25, 0.3) is 22.3 Å². The van der Waals surface area contributed by atoms with E-state index in [-0.39, 0.29) is 35.4 Å². The standard InChI is InChI=1S/C21H21ClNO8P/c1-23-7-6-12(18(10-23)31-32(27,28)29)19-14(24)8-15(25)20-16(26)9-17(30-21(19)20)11-4-2-3-5-13(11)22/h2-5,8-9,12,18,24-25H,6-7,10H2,1H3,(H2,27,28,29)/i6D. The number of phosphoric acid groups is 1. The maximum Gasteiger partial charge on any atom is 0.469 e. The molecule has 0 amide bonds. The summed E-state index contributed by atoms with van der Waals surface area (Å²) in [5.74, 6) is -2.05. The highest BCUT2D eigenvalue weighted by atomic mass is 35.5. The van der Waals surface area contributed by atoms with Crippen molar-refractivity contribution in [1.29, 1.82) is 0 Å². The van der Waals surface area contributed by atoms with Gasteiger partial charge in [0, 0.05) is 37.1 Å². The maximum atomic E-state index is 12.9. The molecule has 170 valence electrons. The molecule has 4 N–H and O–H groups in total. The van der Waals surface area contributed by atoms with Crippen LogP contribution in [0.3, 0.4) is 0 Å². The predicted octanol–water partition coefficient (Wildman–Crippen LogP) is 3.42. The molecule has 1 aromatic heterocycles. The fourth-order valence-electron chi connectivity index (χ4n) is 3.96. The smallest absolute Gasteiger partial charge is 0.469 e. The molecule has 0 saturated carbocycles. The Morgan fingerprint density at radius 3 is 2.66 bits per heavy atom. The monoisotopic (exact) mass is 482 g/mol. The fourth-order valence-corrected chi connectivity index (χ4v) is 4.74. The molecule has 1 aliphatic rings. The number of likely N-dealkylation sites (tertiary alicyclic amines) is 1. The second-order valence-electron chi connectivity index (χ2n) is 7.60. The fraction of sp³-hybridized carbons (Fsp3) is 0.286. The zero-order valence-electron chi connectivity index (χ0n) is 17.8. The van der Waals surface area contributed by atoms with E-state index in [0.29, 0.717) is 10.6 Å². The van der Waals surface area contributed by atoms with Gasteiger partial charge in [0.15, 0.2) is 5.43 Å². The Balaban J connectivity index is 2.01. The number of hydrogen-bond acceptors (Lipinski definition) is 7. The number of phosphoric ester groups is 1. The third kappa shape index (κ3) is 4.41. The van der Waals surface area contributed by atoms with Crippen molar-refractivity contribution in [3.63, 3.8) is 0 Å². The van der Waals surface area contributed by atoms with Crippen molar-refractivity contribution in [3.05, 3.63) is 57.2 Å². The first-order valence-electron chi connectivity index (χ1n) is 10.2. The Hall–Kier alpha value is -2.39. The van der Waals surface area contributed by atoms with Crippen molar-refractivity contribution < 1.29 is 34.9 Å². The molecule has 1 saturated heterocycles. The van der Waals surface area contributed by atoms with E-state index in [4.69, 9.17) is 21.9 Å². The average Bonchev–Trinajstić information content (AvgIpc) is 2.68. The number of piperidine rings is 1. The quantitative estimate of drug-likeness (QED) is 0.411. The lowest BCUT2D eigenvalue weighted by molar-refractivity contribution is 0.0544. The molecule has 3 atom stereocenters. The van der Waals surface area contributed by atoms with Crippen LogP contribution in [0.2, 0.25) is 5.02 Å². The summed E-state index contributed by atoms with van der Waals surface area (Å²) in [6, 6.07) is 8.71. The molecule has 4 rings (SSSR count). The van der Waals surface area contributed by atoms with E-state index < -0.39 is 43.2 Å². The minimum atomic E-state index is -4.95. The zero-order chi connectivity index (χ0) is 24.1. The van der Waals surface area contributed by atoms with Gasteiger partial charge in [-0.25, -0.2) is 4.57 Å². The van der Waals surface area contributed by atoms with Crippen LogP contribution >= 0.6 is 19.4 Å². The van der Waals surface area contributed by atoms with Crippen LogP contribution in [-0.4, -0.2) is 51.1 Å². The van der Waals surface area contributed by atoms with E-state index in [1.165, 1.54) is 0 Å². The van der Waals surface area contributed by atoms with Crippen molar-refractivity contribution >= 4 is 30.4 Å². The number of fused-ring (bicyclic) bond motifs is 1. The topological polar surface area (TPSA) is 141 Å². The molecule has 1 aliphatic heterocycles. The number of phenols is 2. The lowest BCUT2D eigenvalue weighted by atomic mass is 9.85. The maximum absolute atomic E-state index is 12.9. The predicted molar refractivity (Wildman–Crippen MR) is 118 cm³/mol. The van der Waals surface area contributed by atoms with Crippen molar-refractivity contribution in [2.24, 2.45) is 0 Å². The minimum Gasteiger partial charge on any atom is -0.507 e. The second kappa shape index (κ2) is 8.51. The Bertz CT molecular complexity index is 1330. The number of likely N-dealkylation sites (N-methyl/N-ethyl adjacent to an activating group) is 1. The van der Waals surface area contributed by atoms with Gasteiger partial charge in [-0.1, -0.05) is 23.7 Å². The number of benzene rings is 2. The van der Waals surface area contributed by atoms with Gasteiger partial charge in [-0.05, 0) is 32.1 Å². The number of phenolic OH excluding ortho intramolecular Hbond substituents is 2. The van der Waals surface area contributed by atoms with Gasteiger partial charge < -0.3 is 29.3 Å². The van der Waals surface area contributed by atoms with E-state index >= 15 is 0 Å². The molecule has 32 heavy (non-hydrogen) atoms. The van der Waals surface area contributed by atoms with E-state index in [2.05, 4.69) is 0 Å². The van der Waals surface area contributed by atoms with Crippen LogP contribution in [0.4, 0.5) is 0 Å². The molecule has 3 unspecified atom stereocenters. The number of halogens is 1. The highest BCUT2D eigenvalue weighted by Crippen LogP contribution is 2.47. The Morgan fingerprint density at radius 2 is 1.97 bits per heavy atom. The molecule has 0 radical (unpaired) electrons. The van der Waals surface area contributed by atoms with Gasteiger partial charge in [0.25, 0.3) is 0 Å². The van der Waals surface area contributed by atoms with E-state index in [0.717, 1.165) is 12.1 Å². The van der Waals surface area contributed by atoms with Gasteiger partial charge in [-0.15, -0.1) is 0 Å². The van der Waals surface area contributed by atoms with Crippen molar-refractivity contribution in [1.82, 2.24) is 4.90 Å². The molecular formula is C21H21ClNO8P. The molecule has 1 fully saturated rings. The summed E-state index contributed by atoms with van der Waals surface area (Å²) in [7, 11) is -3.29. The van der Waals surface area contributed by atoms with Crippen molar-refractivity contribution in [3.8, 4) is 22.8 Å². The third-order valence-electron chi connectivity index (χ3n) is 5.31. The number of aromatic hydroxyl groups is 2. The van der Waals surface area contributed by atoms with Gasteiger partial charge in [0.2, 0.25) is 0 Å². The first-order valence-corrected chi connectivity index (χ1v) is 11.5. The number of rotatable bonds is 4. The van der Waals surface area contributed by atoms with Gasteiger partial charge in [-0.2, -0.15) is 0 Å². The molecular weight excluding hydrogens is 461 g/mol. The molecule has 2 aromatic carbocycles. The van der Waals surface area contributed by atoms with Crippen LogP contribution in [0.5, 0.6) is 11.5 Å². The largest absolute Gasteiger partial charge is 0.507 e. The Kier molecular flexibility index (Phi) is 5.71. The summed E-state index contributed by atoms with van der Waals surface area (Å²) in [6.45, 7) is 0.239. The SMILES string of the molecule is [2H]C1CN(C)CC(OP(=O)(O)O)C1c1c(O)cc(O)c2c(=O)cc(-c3ccccc3Cl)oc12. The normalized spacial score (nSPS) is 22.8. The minimum absolute atomic E-state index is 0.0431. The summed E-state index contributed by atoms with van der Waals surface area (Å²) in [5, 5.41) is 21.2. The van der Waals surface area contributed by atoms with Crippen LogP contribution in [0.1, 0.15) is 19.2 Å². The highest BCUT2D eigenvalue weighted by Gasteiger charge is 2.38. The molecule has 0 aliphatic carbocycles. The summed E-state index contributed by atoms with van der Waals surface area (Å²) < 4.78 is 31.1. The van der Waals surface area contributed by atoms with E-state index in [1.807, 2.05) is 0 Å². The molecule has 11 heteroatoms. The first kappa shape index (κ1) is 21.5. The zero-order valence-corrected chi connectivity index (χ0v) is 18.5. The van der Waals surface area contributed by atoms with Crippen molar-refractivity contribution in [2.75, 3.05) is 20.1 Å². The second-order valence-corrected chi connectivity index (χ2v) is 9.20. The number of nitrogens with zero attached hydrogens (tertiary/aromatic N) is 1. The molecule has 0 bridgehead atoms. The third-order valence-corrected chi connectivity index (χ3v) is 6.18. The molecule has 3 aromatic rings. The Labute approximate surface area is 189 Å². The molecule has 2 heterocycles. The van der Waals surface area contributed by atoms with Crippen LogP contribution < -0.4 is 5.43 Å². The molecule has 0 spiro atoms. The lowest BCUT2D eigenvalue weighted by Crippen LogP contribution is -2.41. The summed E-state index contributed by atoms with van der Waals surface area (Å²) in [6.07, 6.45) is -2.21. The van der Waals surface area contributed by atoms with Crippen LogP contribution in [-0.2, 0) is 9.09 Å². The lowest BCUT2D eigenvalue weighted by Gasteiger charge is -2.36. The number of hydrogen-bond donors (Lipinski definition) is 4. The van der Waals surface area contributed by atoms with E-state index in [9.17, 15) is 29.4 Å². The van der Waals surface area contributed by atoms with Gasteiger partial charge in [-0.3, -0.25) is 9.32 Å². The van der Waals surface area contributed by atoms with Crippen molar-refractivity contribution in [2.45, 2.75) is 18.4 Å². The first-order chi connectivity index (χ1) is 15.5. The average molecular weight is 483 g/mol.